The van der Waals surface area contributed by atoms with E-state index < -0.39 is 59.6 Å². The van der Waals surface area contributed by atoms with E-state index in [0.717, 1.165) is 7.11 Å². The highest BCUT2D eigenvalue weighted by molar-refractivity contribution is 5.94. The van der Waals surface area contributed by atoms with E-state index >= 15 is 0 Å². The summed E-state index contributed by atoms with van der Waals surface area (Å²) in [6.07, 6.45) is -0.954. The molecule has 0 radical (unpaired) electrons. The van der Waals surface area contributed by atoms with Gasteiger partial charge in [0.2, 0.25) is 17.7 Å². The molecule has 12 nitrogen and oxygen atoms in total. The van der Waals surface area contributed by atoms with Gasteiger partial charge >= 0.3 is 12.1 Å². The molecule has 1 saturated heterocycles. The zero-order chi connectivity index (χ0) is 24.6. The smallest absolute Gasteiger partial charge is 0.408 e. The number of likely N-dealkylation sites (tertiary alicyclic amines) is 1. The van der Waals surface area contributed by atoms with Gasteiger partial charge in [-0.25, -0.2) is 9.59 Å². The van der Waals surface area contributed by atoms with Crippen molar-refractivity contribution in [2.45, 2.75) is 77.3 Å². The van der Waals surface area contributed by atoms with Crippen LogP contribution in [0.3, 0.4) is 0 Å². The number of carbonyl (C=O) groups excluding carboxylic acids is 5. The van der Waals surface area contributed by atoms with E-state index in [2.05, 4.69) is 20.7 Å². The molecular weight excluding hydrogens is 424 g/mol. The molecule has 1 rings (SSSR count). The average Bonchev–Trinajstić information content (AvgIpc) is 3.17. The number of nitrogens with one attached hydrogen (secondary N) is 3. The van der Waals surface area contributed by atoms with Gasteiger partial charge in [0.15, 0.2) is 6.04 Å². The van der Waals surface area contributed by atoms with Crippen molar-refractivity contribution >= 4 is 29.8 Å². The topological polar surface area (TPSA) is 163 Å². The fraction of sp³-hybridized carbons (Fsp3) is 0.750. The number of nitrogens with zero attached hydrogens (tertiary/aromatic N) is 1. The summed E-state index contributed by atoms with van der Waals surface area (Å²) >= 11 is 0. The third-order valence-electron chi connectivity index (χ3n) is 4.65. The van der Waals surface area contributed by atoms with E-state index in [0.29, 0.717) is 19.4 Å². The Labute approximate surface area is 187 Å². The Morgan fingerprint density at radius 3 is 2.28 bits per heavy atom. The van der Waals surface area contributed by atoms with Crippen molar-refractivity contribution < 1.29 is 38.6 Å². The summed E-state index contributed by atoms with van der Waals surface area (Å²) < 4.78 is 9.62. The molecule has 12 heteroatoms. The standard InChI is InChI=1S/C20H34N4O8/c1-11(16(27)23-15(12(2)25)18(29)31-6)22-17(28)13-8-7-9-24(13)14(26)10-21-19(30)32-20(3,4)5/h11-13,15,25H,7-10H2,1-6H3,(H,21,30)(H,22,28)(H,23,27). The van der Waals surface area contributed by atoms with Gasteiger partial charge in [-0.05, 0) is 47.5 Å². The van der Waals surface area contributed by atoms with Gasteiger partial charge in [0.1, 0.15) is 24.2 Å². The number of aliphatic hydroxyl groups excluding tert-OH is 1. The Morgan fingerprint density at radius 1 is 1.12 bits per heavy atom. The predicted molar refractivity (Wildman–Crippen MR) is 112 cm³/mol. The van der Waals surface area contributed by atoms with E-state index in [-0.39, 0.29) is 6.54 Å². The summed E-state index contributed by atoms with van der Waals surface area (Å²) in [7, 11) is 1.12. The van der Waals surface area contributed by atoms with Crippen LogP contribution < -0.4 is 16.0 Å². The van der Waals surface area contributed by atoms with Crippen molar-refractivity contribution in [1.29, 1.82) is 0 Å². The molecule has 4 unspecified atom stereocenters. The van der Waals surface area contributed by atoms with E-state index in [1.807, 2.05) is 0 Å². The van der Waals surface area contributed by atoms with Gasteiger partial charge in [-0.1, -0.05) is 0 Å². The first kappa shape index (κ1) is 27.1. The normalized spacial score (nSPS) is 18.7. The third-order valence-corrected chi connectivity index (χ3v) is 4.65. The van der Waals surface area contributed by atoms with Crippen LogP contribution in [0.25, 0.3) is 0 Å². The molecule has 32 heavy (non-hydrogen) atoms. The Bertz CT molecular complexity index is 719. The van der Waals surface area contributed by atoms with Crippen LogP contribution in [0, 0.1) is 0 Å². The largest absolute Gasteiger partial charge is 0.467 e. The summed E-state index contributed by atoms with van der Waals surface area (Å²) in [5.41, 5.74) is -0.708. The molecular formula is C20H34N4O8. The maximum absolute atomic E-state index is 12.7. The summed E-state index contributed by atoms with van der Waals surface area (Å²) in [5.74, 6) is -2.51. The molecule has 0 bridgehead atoms. The summed E-state index contributed by atoms with van der Waals surface area (Å²) in [4.78, 5) is 62.3. The second-order valence-corrected chi connectivity index (χ2v) is 8.58. The van der Waals surface area contributed by atoms with Crippen molar-refractivity contribution in [3.8, 4) is 0 Å². The van der Waals surface area contributed by atoms with Crippen LogP contribution in [0.2, 0.25) is 0 Å². The van der Waals surface area contributed by atoms with Crippen LogP contribution in [-0.4, -0.2) is 89.8 Å². The zero-order valence-electron chi connectivity index (χ0n) is 19.4. The molecule has 182 valence electrons. The fourth-order valence-corrected chi connectivity index (χ4v) is 3.06. The second kappa shape index (κ2) is 11.7. The lowest BCUT2D eigenvalue weighted by Crippen LogP contribution is -2.56. The highest BCUT2D eigenvalue weighted by Gasteiger charge is 2.36. The molecule has 1 aliphatic heterocycles. The summed E-state index contributed by atoms with van der Waals surface area (Å²) in [6, 6.07) is -3.12. The number of carbonyl (C=O) groups is 5. The van der Waals surface area contributed by atoms with Crippen LogP contribution in [0.1, 0.15) is 47.5 Å². The first-order valence-corrected chi connectivity index (χ1v) is 10.4. The molecule has 0 aromatic heterocycles. The van der Waals surface area contributed by atoms with Crippen LogP contribution in [0.15, 0.2) is 0 Å². The Balaban J connectivity index is 2.65. The van der Waals surface area contributed by atoms with Gasteiger partial charge in [0, 0.05) is 6.54 Å². The van der Waals surface area contributed by atoms with Gasteiger partial charge in [0.05, 0.1) is 13.2 Å². The van der Waals surface area contributed by atoms with E-state index in [9.17, 15) is 29.1 Å². The zero-order valence-corrected chi connectivity index (χ0v) is 19.4. The molecule has 0 aromatic carbocycles. The Hall–Kier alpha value is -2.89. The Kier molecular flexibility index (Phi) is 9.88. The first-order chi connectivity index (χ1) is 14.8. The fourth-order valence-electron chi connectivity index (χ4n) is 3.06. The maximum atomic E-state index is 12.7. The van der Waals surface area contributed by atoms with Gasteiger partial charge in [-0.3, -0.25) is 14.4 Å². The number of ether oxygens (including phenoxy) is 2. The number of esters is 1. The van der Waals surface area contributed by atoms with Gasteiger partial charge in [-0.15, -0.1) is 0 Å². The molecule has 4 amide bonds. The maximum Gasteiger partial charge on any atom is 0.408 e. The number of amides is 4. The van der Waals surface area contributed by atoms with Gasteiger partial charge in [0.25, 0.3) is 0 Å². The number of aliphatic hydroxyl groups is 1. The molecule has 1 aliphatic rings. The van der Waals surface area contributed by atoms with Crippen molar-refractivity contribution in [3.05, 3.63) is 0 Å². The number of alkyl carbamates (subject to hydrolysis) is 1. The van der Waals surface area contributed by atoms with Gasteiger partial charge in [-0.2, -0.15) is 0 Å². The molecule has 4 N–H and O–H groups in total. The minimum absolute atomic E-state index is 0.329. The van der Waals surface area contributed by atoms with Crippen molar-refractivity contribution in [1.82, 2.24) is 20.9 Å². The lowest BCUT2D eigenvalue weighted by atomic mass is 10.1. The molecule has 0 aliphatic carbocycles. The van der Waals surface area contributed by atoms with E-state index in [1.165, 1.54) is 18.7 Å². The minimum Gasteiger partial charge on any atom is -0.467 e. The molecule has 0 spiro atoms. The third kappa shape index (κ3) is 8.33. The highest BCUT2D eigenvalue weighted by Crippen LogP contribution is 2.17. The molecule has 1 fully saturated rings. The molecule has 4 atom stereocenters. The number of hydrogen-bond acceptors (Lipinski definition) is 8. The molecule has 0 aromatic rings. The second-order valence-electron chi connectivity index (χ2n) is 8.58. The van der Waals surface area contributed by atoms with Crippen LogP contribution >= 0.6 is 0 Å². The monoisotopic (exact) mass is 458 g/mol. The first-order valence-electron chi connectivity index (χ1n) is 10.4. The SMILES string of the molecule is COC(=O)C(NC(=O)C(C)NC(=O)C1CCCN1C(=O)CNC(=O)OC(C)(C)C)C(C)O. The number of rotatable bonds is 8. The van der Waals surface area contributed by atoms with E-state index in [1.54, 1.807) is 20.8 Å². The van der Waals surface area contributed by atoms with Crippen molar-refractivity contribution in [2.75, 3.05) is 20.2 Å². The van der Waals surface area contributed by atoms with Crippen LogP contribution in [0.4, 0.5) is 4.79 Å². The lowest BCUT2D eigenvalue weighted by Gasteiger charge is -2.26. The lowest BCUT2D eigenvalue weighted by molar-refractivity contribution is -0.148. The van der Waals surface area contributed by atoms with Crippen LogP contribution in [0.5, 0.6) is 0 Å². The number of methoxy groups -OCH3 is 1. The Morgan fingerprint density at radius 2 is 1.75 bits per heavy atom. The van der Waals surface area contributed by atoms with Crippen LogP contribution in [-0.2, 0) is 28.7 Å². The predicted octanol–water partition coefficient (Wildman–Crippen LogP) is -0.955. The van der Waals surface area contributed by atoms with E-state index in [4.69, 9.17) is 4.74 Å². The van der Waals surface area contributed by atoms with Gasteiger partial charge < -0.3 is 35.4 Å². The molecule has 0 saturated carbocycles. The summed E-state index contributed by atoms with van der Waals surface area (Å²) in [6.45, 7) is 7.82. The van der Waals surface area contributed by atoms with Crippen molar-refractivity contribution in [2.24, 2.45) is 0 Å². The average molecular weight is 459 g/mol. The minimum atomic E-state index is -1.28. The highest BCUT2D eigenvalue weighted by atomic mass is 16.6. The van der Waals surface area contributed by atoms with Crippen molar-refractivity contribution in [3.63, 3.8) is 0 Å². The quantitative estimate of drug-likeness (QED) is 0.338. The molecule has 1 heterocycles. The number of hydrogen-bond donors (Lipinski definition) is 4. The summed E-state index contributed by atoms with van der Waals surface area (Å²) in [5, 5.41) is 16.9.